The largest absolute Gasteiger partial charge is 0.322 e. The average Bonchev–Trinajstić information content (AvgIpc) is 2.23. The summed E-state index contributed by atoms with van der Waals surface area (Å²) in [4.78, 5) is 11.7. The third-order valence-corrected chi connectivity index (χ3v) is 2.41. The molecule has 0 fully saturated rings. The molecule has 2 nitrogen and oxygen atoms in total. The van der Waals surface area contributed by atoms with Crippen LogP contribution in [-0.2, 0) is 4.79 Å². The van der Waals surface area contributed by atoms with Gasteiger partial charge in [-0.25, -0.2) is 0 Å². The van der Waals surface area contributed by atoms with E-state index in [1.54, 1.807) is 0 Å². The van der Waals surface area contributed by atoms with E-state index in [9.17, 15) is 4.79 Å². The number of hydrogen-bond donors (Lipinski definition) is 1. The second-order valence-electron chi connectivity index (χ2n) is 3.44. The second-order valence-corrected chi connectivity index (χ2v) is 3.44. The maximum absolute atomic E-state index is 11.7. The zero-order valence-electron chi connectivity index (χ0n) is 9.50. The van der Waals surface area contributed by atoms with Gasteiger partial charge < -0.3 is 5.32 Å². The number of benzene rings is 1. The Morgan fingerprint density at radius 2 is 2.07 bits per heavy atom. The first kappa shape index (κ1) is 11.5. The summed E-state index contributed by atoms with van der Waals surface area (Å²) in [7, 11) is 0. The van der Waals surface area contributed by atoms with E-state index in [4.69, 9.17) is 0 Å². The van der Waals surface area contributed by atoms with Gasteiger partial charge in [0.15, 0.2) is 0 Å². The molecule has 2 heteroatoms. The minimum Gasteiger partial charge on any atom is -0.322 e. The fourth-order valence-corrected chi connectivity index (χ4v) is 1.41. The van der Waals surface area contributed by atoms with Crippen molar-refractivity contribution in [3.05, 3.63) is 41.5 Å². The van der Waals surface area contributed by atoms with Gasteiger partial charge in [-0.15, -0.1) is 0 Å². The number of anilines is 1. The van der Waals surface area contributed by atoms with Crippen LogP contribution >= 0.6 is 0 Å². The van der Waals surface area contributed by atoms with E-state index in [1.165, 1.54) is 0 Å². The van der Waals surface area contributed by atoms with Crippen molar-refractivity contribution in [1.29, 1.82) is 0 Å². The molecule has 80 valence electrons. The van der Waals surface area contributed by atoms with Gasteiger partial charge in [-0.05, 0) is 31.9 Å². The normalized spacial score (nSPS) is 11.3. The lowest BCUT2D eigenvalue weighted by Gasteiger charge is -2.09. The summed E-state index contributed by atoms with van der Waals surface area (Å²) in [5.41, 5.74) is 2.78. The second kappa shape index (κ2) is 5.35. The minimum atomic E-state index is -0.00528. The molecule has 1 amide bonds. The standard InChI is InChI=1S/C13H17NO/c1-4-11(5-2)13(15)14-12-9-7-6-8-10(12)3/h4,6-9H,5H2,1-3H3,(H,14,15)/b11-4+. The van der Waals surface area contributed by atoms with Crippen LogP contribution < -0.4 is 5.32 Å². The highest BCUT2D eigenvalue weighted by Gasteiger charge is 2.07. The Labute approximate surface area is 91.0 Å². The molecule has 0 bridgehead atoms. The molecular weight excluding hydrogens is 186 g/mol. The van der Waals surface area contributed by atoms with Crippen LogP contribution in [0.25, 0.3) is 0 Å². The molecule has 0 aromatic heterocycles. The topological polar surface area (TPSA) is 29.1 Å². The number of rotatable bonds is 3. The van der Waals surface area contributed by atoms with Crippen LogP contribution in [0.15, 0.2) is 35.9 Å². The van der Waals surface area contributed by atoms with Crippen LogP contribution in [0.2, 0.25) is 0 Å². The molecule has 0 aliphatic rings. The van der Waals surface area contributed by atoms with Gasteiger partial charge in [0, 0.05) is 11.3 Å². The molecule has 0 saturated carbocycles. The van der Waals surface area contributed by atoms with Crippen LogP contribution in [0.3, 0.4) is 0 Å². The van der Waals surface area contributed by atoms with Gasteiger partial charge >= 0.3 is 0 Å². The van der Waals surface area contributed by atoms with E-state index in [0.29, 0.717) is 0 Å². The van der Waals surface area contributed by atoms with Gasteiger partial charge in [-0.3, -0.25) is 4.79 Å². The Kier molecular flexibility index (Phi) is 4.10. The molecular formula is C13H17NO. The molecule has 1 aromatic rings. The summed E-state index contributed by atoms with van der Waals surface area (Å²) in [6, 6.07) is 7.78. The van der Waals surface area contributed by atoms with Gasteiger partial charge in [0.25, 0.3) is 5.91 Å². The molecule has 0 aliphatic heterocycles. The highest BCUT2D eigenvalue weighted by molar-refractivity contribution is 6.03. The third-order valence-electron chi connectivity index (χ3n) is 2.41. The molecule has 0 saturated heterocycles. The predicted molar refractivity (Wildman–Crippen MR) is 63.9 cm³/mol. The maximum Gasteiger partial charge on any atom is 0.251 e. The van der Waals surface area contributed by atoms with Crippen molar-refractivity contribution in [2.45, 2.75) is 27.2 Å². The molecule has 0 aliphatic carbocycles. The maximum atomic E-state index is 11.7. The SMILES string of the molecule is C/C=C(\CC)C(=O)Nc1ccccc1C. The van der Waals surface area contributed by atoms with E-state index in [0.717, 1.165) is 23.2 Å². The third kappa shape index (κ3) is 2.94. The Bertz CT molecular complexity index is 380. The van der Waals surface area contributed by atoms with Crippen molar-refractivity contribution in [2.24, 2.45) is 0 Å². The lowest BCUT2D eigenvalue weighted by atomic mass is 10.1. The summed E-state index contributed by atoms with van der Waals surface area (Å²) in [5.74, 6) is -0.00528. The molecule has 0 spiro atoms. The fourth-order valence-electron chi connectivity index (χ4n) is 1.41. The molecule has 0 atom stereocenters. The highest BCUT2D eigenvalue weighted by Crippen LogP contribution is 2.14. The van der Waals surface area contributed by atoms with Crippen LogP contribution in [0.5, 0.6) is 0 Å². The number of aryl methyl sites for hydroxylation is 1. The Hall–Kier alpha value is -1.57. The molecule has 0 radical (unpaired) electrons. The van der Waals surface area contributed by atoms with Crippen LogP contribution in [0, 0.1) is 6.92 Å². The van der Waals surface area contributed by atoms with Crippen molar-refractivity contribution >= 4 is 11.6 Å². The molecule has 1 N–H and O–H groups in total. The number of nitrogens with one attached hydrogen (secondary N) is 1. The van der Waals surface area contributed by atoms with Crippen LogP contribution in [0.4, 0.5) is 5.69 Å². The molecule has 15 heavy (non-hydrogen) atoms. The Morgan fingerprint density at radius 1 is 1.40 bits per heavy atom. The van der Waals surface area contributed by atoms with Gasteiger partial charge in [-0.2, -0.15) is 0 Å². The first-order valence-corrected chi connectivity index (χ1v) is 5.21. The zero-order valence-corrected chi connectivity index (χ0v) is 9.50. The zero-order chi connectivity index (χ0) is 11.3. The number of allylic oxidation sites excluding steroid dienone is 1. The predicted octanol–water partition coefficient (Wildman–Crippen LogP) is 3.29. The van der Waals surface area contributed by atoms with Crippen molar-refractivity contribution in [1.82, 2.24) is 0 Å². The summed E-state index contributed by atoms with van der Waals surface area (Å²) in [5, 5.41) is 2.90. The van der Waals surface area contributed by atoms with E-state index in [-0.39, 0.29) is 5.91 Å². The first-order chi connectivity index (χ1) is 7.19. The van der Waals surface area contributed by atoms with Gasteiger partial charge in [-0.1, -0.05) is 31.2 Å². The van der Waals surface area contributed by atoms with E-state index >= 15 is 0 Å². The van der Waals surface area contributed by atoms with E-state index < -0.39 is 0 Å². The summed E-state index contributed by atoms with van der Waals surface area (Å²) in [6.45, 7) is 5.85. The van der Waals surface area contributed by atoms with Crippen LogP contribution in [-0.4, -0.2) is 5.91 Å². The molecule has 0 heterocycles. The molecule has 1 aromatic carbocycles. The number of carbonyl (C=O) groups excluding carboxylic acids is 1. The molecule has 0 unspecified atom stereocenters. The first-order valence-electron chi connectivity index (χ1n) is 5.21. The quantitative estimate of drug-likeness (QED) is 0.750. The van der Waals surface area contributed by atoms with Crippen molar-refractivity contribution in [2.75, 3.05) is 5.32 Å². The number of hydrogen-bond acceptors (Lipinski definition) is 1. The smallest absolute Gasteiger partial charge is 0.251 e. The van der Waals surface area contributed by atoms with Gasteiger partial charge in [0.05, 0.1) is 0 Å². The van der Waals surface area contributed by atoms with Gasteiger partial charge in [0.1, 0.15) is 0 Å². The number of amides is 1. The summed E-state index contributed by atoms with van der Waals surface area (Å²) < 4.78 is 0. The minimum absolute atomic E-state index is 0.00528. The Balaban J connectivity index is 2.79. The lowest BCUT2D eigenvalue weighted by molar-refractivity contribution is -0.113. The highest BCUT2D eigenvalue weighted by atomic mass is 16.1. The van der Waals surface area contributed by atoms with Crippen molar-refractivity contribution in [3.8, 4) is 0 Å². The summed E-state index contributed by atoms with van der Waals surface area (Å²) in [6.07, 6.45) is 2.61. The Morgan fingerprint density at radius 3 is 2.60 bits per heavy atom. The van der Waals surface area contributed by atoms with E-state index in [1.807, 2.05) is 51.1 Å². The van der Waals surface area contributed by atoms with Crippen molar-refractivity contribution in [3.63, 3.8) is 0 Å². The number of carbonyl (C=O) groups is 1. The summed E-state index contributed by atoms with van der Waals surface area (Å²) >= 11 is 0. The van der Waals surface area contributed by atoms with Crippen LogP contribution in [0.1, 0.15) is 25.8 Å². The van der Waals surface area contributed by atoms with E-state index in [2.05, 4.69) is 5.32 Å². The fraction of sp³-hybridized carbons (Fsp3) is 0.308. The molecule has 1 rings (SSSR count). The van der Waals surface area contributed by atoms with Gasteiger partial charge in [0.2, 0.25) is 0 Å². The lowest BCUT2D eigenvalue weighted by Crippen LogP contribution is -2.14. The monoisotopic (exact) mass is 203 g/mol. The average molecular weight is 203 g/mol. The number of para-hydroxylation sites is 1. The van der Waals surface area contributed by atoms with Crippen molar-refractivity contribution < 1.29 is 4.79 Å².